The van der Waals surface area contributed by atoms with Gasteiger partial charge in [-0.1, -0.05) is 57.2 Å². The lowest BCUT2D eigenvalue weighted by atomic mass is 9.98. The van der Waals surface area contributed by atoms with Crippen molar-refractivity contribution >= 4 is 35.6 Å². The van der Waals surface area contributed by atoms with Gasteiger partial charge in [-0.3, -0.25) is 14.4 Å². The zero-order valence-corrected chi connectivity index (χ0v) is 27.9. The molecule has 0 aliphatic heterocycles. The van der Waals surface area contributed by atoms with Crippen LogP contribution in [0.4, 0.5) is 4.79 Å². The molecule has 3 amide bonds. The van der Waals surface area contributed by atoms with E-state index in [2.05, 4.69) is 17.6 Å². The van der Waals surface area contributed by atoms with E-state index in [0.717, 1.165) is 32.1 Å². The maximum atomic E-state index is 14.3. The summed E-state index contributed by atoms with van der Waals surface area (Å²) in [5.41, 5.74) is 0.0674. The van der Waals surface area contributed by atoms with E-state index >= 15 is 0 Å². The molecule has 2 atom stereocenters. The molecule has 2 unspecified atom stereocenters. The first-order chi connectivity index (χ1) is 20.4. The Labute approximate surface area is 262 Å². The smallest absolute Gasteiger partial charge is 0.408 e. The molecule has 1 aromatic rings. The van der Waals surface area contributed by atoms with Gasteiger partial charge in [-0.2, -0.15) is 11.8 Å². The molecule has 1 aromatic carbocycles. The lowest BCUT2D eigenvalue weighted by Crippen LogP contribution is -2.53. The molecular weight excluding hydrogens is 570 g/mol. The zero-order chi connectivity index (χ0) is 32.4. The average molecular weight is 624 g/mol. The number of aromatic hydroxyl groups is 1. The molecule has 3 N–H and O–H groups in total. The Morgan fingerprint density at radius 3 is 2.35 bits per heavy atom. The van der Waals surface area contributed by atoms with Crippen LogP contribution in [-0.4, -0.2) is 77.2 Å². The highest BCUT2D eigenvalue weighted by Crippen LogP contribution is 2.33. The van der Waals surface area contributed by atoms with Gasteiger partial charge in [0.2, 0.25) is 11.8 Å². The quantitative estimate of drug-likeness (QED) is 0.133. The topological polar surface area (TPSA) is 134 Å². The van der Waals surface area contributed by atoms with Gasteiger partial charge in [0.05, 0.1) is 13.0 Å². The Bertz CT molecular complexity index is 1030. The number of ether oxygens (including phenoxy) is 2. The second-order valence-corrected chi connectivity index (χ2v) is 12.5. The van der Waals surface area contributed by atoms with Crippen molar-refractivity contribution in [2.24, 2.45) is 0 Å². The summed E-state index contributed by atoms with van der Waals surface area (Å²) in [6.07, 6.45) is 7.28. The van der Waals surface area contributed by atoms with Crippen molar-refractivity contribution in [1.82, 2.24) is 15.5 Å². The third-order valence-electron chi connectivity index (χ3n) is 6.69. The summed E-state index contributed by atoms with van der Waals surface area (Å²) < 4.78 is 10.4. The Balaban J connectivity index is 3.49. The second-order valence-electron chi connectivity index (χ2n) is 11.5. The van der Waals surface area contributed by atoms with Crippen molar-refractivity contribution in [2.75, 3.05) is 31.7 Å². The number of rotatable bonds is 19. The van der Waals surface area contributed by atoms with Gasteiger partial charge in [-0.15, -0.1) is 0 Å². The minimum absolute atomic E-state index is 0.00581. The Hall–Kier alpha value is -2.95. The van der Waals surface area contributed by atoms with E-state index < -0.39 is 41.6 Å². The van der Waals surface area contributed by atoms with Crippen LogP contribution in [0.15, 0.2) is 18.2 Å². The molecule has 11 heteroatoms. The molecule has 0 aromatic heterocycles. The van der Waals surface area contributed by atoms with Crippen LogP contribution < -0.4 is 10.6 Å². The zero-order valence-electron chi connectivity index (χ0n) is 27.1. The molecule has 0 saturated heterocycles. The highest BCUT2D eigenvalue weighted by Gasteiger charge is 2.37. The Kier molecular flexibility index (Phi) is 17.8. The number of nitrogens with one attached hydrogen (secondary N) is 2. The van der Waals surface area contributed by atoms with Gasteiger partial charge in [0.15, 0.2) is 0 Å². The van der Waals surface area contributed by atoms with Crippen molar-refractivity contribution in [3.8, 4) is 5.75 Å². The number of hydrogen-bond donors (Lipinski definition) is 3. The lowest BCUT2D eigenvalue weighted by Gasteiger charge is -2.35. The third kappa shape index (κ3) is 14.4. The molecule has 244 valence electrons. The van der Waals surface area contributed by atoms with Gasteiger partial charge in [-0.05, 0) is 65.0 Å². The fourth-order valence-corrected chi connectivity index (χ4v) is 5.01. The molecule has 0 aliphatic rings. The normalized spacial score (nSPS) is 12.6. The van der Waals surface area contributed by atoms with Crippen LogP contribution in [0.5, 0.6) is 5.75 Å². The summed E-state index contributed by atoms with van der Waals surface area (Å²) in [6.45, 7) is 11.3. The van der Waals surface area contributed by atoms with E-state index in [1.807, 2.05) is 6.26 Å². The van der Waals surface area contributed by atoms with Gasteiger partial charge in [0.1, 0.15) is 23.4 Å². The predicted octanol–water partition coefficient (Wildman–Crippen LogP) is 5.65. The first-order valence-electron chi connectivity index (χ1n) is 15.4. The first kappa shape index (κ1) is 38.1. The van der Waals surface area contributed by atoms with Gasteiger partial charge in [-0.25, -0.2) is 4.79 Å². The van der Waals surface area contributed by atoms with E-state index in [1.165, 1.54) is 16.7 Å². The Morgan fingerprint density at radius 1 is 1.05 bits per heavy atom. The lowest BCUT2D eigenvalue weighted by molar-refractivity contribution is -0.144. The molecule has 0 aliphatic carbocycles. The second kappa shape index (κ2) is 20.1. The number of alkyl carbamates (subject to hydrolysis) is 1. The fourth-order valence-electron chi connectivity index (χ4n) is 4.54. The number of carbonyl (C=O) groups is 4. The average Bonchev–Trinajstić information content (AvgIpc) is 2.93. The summed E-state index contributed by atoms with van der Waals surface area (Å²) >= 11 is 1.54. The molecule has 0 spiro atoms. The number of esters is 1. The summed E-state index contributed by atoms with van der Waals surface area (Å²) in [6, 6.07) is 2.92. The molecule has 10 nitrogen and oxygen atoms in total. The van der Waals surface area contributed by atoms with Crippen LogP contribution >= 0.6 is 11.8 Å². The van der Waals surface area contributed by atoms with Crippen LogP contribution in [0.3, 0.4) is 0 Å². The molecule has 0 fully saturated rings. The van der Waals surface area contributed by atoms with Crippen molar-refractivity contribution in [3.63, 3.8) is 0 Å². The fraction of sp³-hybridized carbons (Fsp3) is 0.688. The molecule has 0 heterocycles. The van der Waals surface area contributed by atoms with Gasteiger partial charge < -0.3 is 30.1 Å². The standard InChI is InChI=1S/C32H53N3O7S/c1-8-10-11-12-13-14-21-35(30(39)25(19-22-43-7)34-31(40)42-32(4,5)6)27(24-17-15-16-23(3)28(24)37)29(38)33-20-18-26(36)41-9-2/h15-17,25,27,37H,8-14,18-22H2,1-7H3,(H,33,38)(H,34,40). The van der Waals surface area contributed by atoms with Crippen molar-refractivity contribution in [2.45, 2.75) is 111 Å². The molecule has 0 saturated carbocycles. The number of nitrogens with zero attached hydrogens (tertiary/aromatic N) is 1. The molecular formula is C32H53N3O7S. The van der Waals surface area contributed by atoms with Crippen LogP contribution in [0.2, 0.25) is 0 Å². The van der Waals surface area contributed by atoms with Gasteiger partial charge >= 0.3 is 12.1 Å². The van der Waals surface area contributed by atoms with Gasteiger partial charge in [0, 0.05) is 18.7 Å². The number of phenolic OH excluding ortho intramolecular Hbond substituents is 1. The van der Waals surface area contributed by atoms with Crippen LogP contribution in [-0.2, 0) is 23.9 Å². The molecule has 43 heavy (non-hydrogen) atoms. The number of benzene rings is 1. The van der Waals surface area contributed by atoms with E-state index in [0.29, 0.717) is 24.2 Å². The first-order valence-corrected chi connectivity index (χ1v) is 16.8. The number of carbonyl (C=O) groups excluding carboxylic acids is 4. The monoisotopic (exact) mass is 623 g/mol. The van der Waals surface area contributed by atoms with Crippen LogP contribution in [0.25, 0.3) is 0 Å². The van der Waals surface area contributed by atoms with E-state index in [4.69, 9.17) is 9.47 Å². The SMILES string of the molecule is CCCCCCCCN(C(=O)C(CCSC)NC(=O)OC(C)(C)C)C(C(=O)NCCC(=O)OCC)c1cccc(C)c1O. The predicted molar refractivity (Wildman–Crippen MR) is 171 cm³/mol. The van der Waals surface area contributed by atoms with Crippen molar-refractivity contribution in [1.29, 1.82) is 0 Å². The van der Waals surface area contributed by atoms with Crippen molar-refractivity contribution < 1.29 is 33.8 Å². The number of thioether (sulfide) groups is 1. The summed E-state index contributed by atoms with van der Waals surface area (Å²) in [5.74, 6) is -0.931. The highest BCUT2D eigenvalue weighted by molar-refractivity contribution is 7.98. The summed E-state index contributed by atoms with van der Waals surface area (Å²) in [7, 11) is 0. The minimum Gasteiger partial charge on any atom is -0.507 e. The number of aryl methyl sites for hydroxylation is 1. The minimum atomic E-state index is -1.19. The number of amides is 3. The number of para-hydroxylation sites is 1. The third-order valence-corrected chi connectivity index (χ3v) is 7.34. The van der Waals surface area contributed by atoms with Crippen LogP contribution in [0.1, 0.15) is 103 Å². The van der Waals surface area contributed by atoms with E-state index in [9.17, 15) is 24.3 Å². The van der Waals surface area contributed by atoms with E-state index in [-0.39, 0.29) is 37.4 Å². The highest BCUT2D eigenvalue weighted by atomic mass is 32.2. The number of unbranched alkanes of at least 4 members (excludes halogenated alkanes) is 5. The largest absolute Gasteiger partial charge is 0.507 e. The number of hydrogen-bond acceptors (Lipinski definition) is 8. The number of phenols is 1. The molecule has 0 radical (unpaired) electrons. The maximum Gasteiger partial charge on any atom is 0.408 e. The van der Waals surface area contributed by atoms with Gasteiger partial charge in [0.25, 0.3) is 0 Å². The summed E-state index contributed by atoms with van der Waals surface area (Å²) in [5, 5.41) is 16.6. The maximum absolute atomic E-state index is 14.3. The van der Waals surface area contributed by atoms with E-state index in [1.54, 1.807) is 52.8 Å². The molecule has 1 rings (SSSR count). The summed E-state index contributed by atoms with van der Waals surface area (Å²) in [4.78, 5) is 54.3. The Morgan fingerprint density at radius 2 is 1.72 bits per heavy atom. The van der Waals surface area contributed by atoms with Crippen molar-refractivity contribution in [3.05, 3.63) is 29.3 Å². The van der Waals surface area contributed by atoms with Crippen LogP contribution in [0, 0.1) is 6.92 Å². The molecule has 0 bridgehead atoms.